The van der Waals surface area contributed by atoms with Crippen LogP contribution in [0.1, 0.15) is 5.56 Å². The number of hydrogen-bond acceptors (Lipinski definition) is 0. The summed E-state index contributed by atoms with van der Waals surface area (Å²) in [6.07, 6.45) is 0.919. The van der Waals surface area contributed by atoms with E-state index < -0.39 is 7.26 Å². The van der Waals surface area contributed by atoms with Gasteiger partial charge in [-0.15, -0.1) is 0 Å². The Kier molecular flexibility index (Phi) is 5.83. The molecule has 0 saturated heterocycles. The predicted octanol–water partition coefficient (Wildman–Crippen LogP) is 6.22. The number of rotatable bonds is 5. The van der Waals surface area contributed by atoms with Gasteiger partial charge in [0.2, 0.25) is 0 Å². The molecule has 0 N–H and O–H groups in total. The molecule has 28 heavy (non-hydrogen) atoms. The van der Waals surface area contributed by atoms with E-state index in [1.54, 1.807) is 0 Å². The summed E-state index contributed by atoms with van der Waals surface area (Å²) in [5.74, 6) is 0. The van der Waals surface area contributed by atoms with Crippen molar-refractivity contribution < 1.29 is 0 Å². The first-order chi connectivity index (χ1) is 13.7. The Morgan fingerprint density at radius 3 is 1.57 bits per heavy atom. The maximum atomic E-state index is 6.85. The van der Waals surface area contributed by atoms with Crippen molar-refractivity contribution in [3.63, 3.8) is 0 Å². The van der Waals surface area contributed by atoms with Gasteiger partial charge >= 0.3 is 177 Å². The van der Waals surface area contributed by atoms with Crippen LogP contribution in [-0.4, -0.2) is 0 Å². The molecule has 0 unspecified atom stereocenters. The van der Waals surface area contributed by atoms with Crippen LogP contribution < -0.4 is 15.9 Å². The molecule has 4 aromatic carbocycles. The second kappa shape index (κ2) is 8.50. The monoisotopic (exact) mass is 422 g/mol. The average Bonchev–Trinajstić information content (AvgIpc) is 2.76. The summed E-state index contributed by atoms with van der Waals surface area (Å²) in [4.78, 5) is 0. The average molecular weight is 423 g/mol. The molecule has 140 valence electrons. The molecule has 0 bridgehead atoms. The van der Waals surface area contributed by atoms with E-state index in [2.05, 4.69) is 97.1 Å². The zero-order valence-electron chi connectivity index (χ0n) is 15.4. The van der Waals surface area contributed by atoms with Crippen LogP contribution in [0.2, 0.25) is 10.0 Å². The normalized spacial score (nSPS) is 11.9. The molecule has 0 nitrogen and oxygen atoms in total. The van der Waals surface area contributed by atoms with Crippen molar-refractivity contribution in [2.45, 2.75) is 6.16 Å². The molecule has 3 heteroatoms. The van der Waals surface area contributed by atoms with Crippen molar-refractivity contribution in [1.82, 2.24) is 0 Å². The Bertz CT molecular complexity index is 1010. The zero-order valence-corrected chi connectivity index (χ0v) is 17.9. The van der Waals surface area contributed by atoms with E-state index in [-0.39, 0.29) is 0 Å². The van der Waals surface area contributed by atoms with E-state index in [0.29, 0.717) is 10.0 Å². The van der Waals surface area contributed by atoms with E-state index in [1.807, 2.05) is 12.1 Å². The standard InChI is InChI=1S/C25H21Cl2P/c26-23-17-10-18-24(25(23)27)28(21-13-6-2-7-14-21,22-15-8-3-9-16-22)19-20-11-4-1-5-12-20/h1-18,28H,19H2. The second-order valence-electron chi connectivity index (χ2n) is 6.90. The summed E-state index contributed by atoms with van der Waals surface area (Å²) in [6.45, 7) is 0. The number of benzene rings is 4. The van der Waals surface area contributed by atoms with Crippen LogP contribution >= 0.6 is 30.5 Å². The van der Waals surface area contributed by atoms with Gasteiger partial charge in [-0.2, -0.15) is 0 Å². The summed E-state index contributed by atoms with van der Waals surface area (Å²) < 4.78 is 0. The zero-order chi connectivity index (χ0) is 19.4. The fourth-order valence-corrected chi connectivity index (χ4v) is 9.64. The molecule has 0 aliphatic heterocycles. The molecule has 0 fully saturated rings. The van der Waals surface area contributed by atoms with E-state index in [4.69, 9.17) is 23.2 Å². The van der Waals surface area contributed by atoms with Gasteiger partial charge in [0.05, 0.1) is 0 Å². The van der Waals surface area contributed by atoms with Gasteiger partial charge in [-0.3, -0.25) is 0 Å². The molecular formula is C25H21Cl2P. The van der Waals surface area contributed by atoms with Gasteiger partial charge in [0.15, 0.2) is 0 Å². The van der Waals surface area contributed by atoms with Crippen molar-refractivity contribution >= 4 is 46.4 Å². The quantitative estimate of drug-likeness (QED) is 0.335. The number of hydrogen-bond donors (Lipinski definition) is 0. The van der Waals surface area contributed by atoms with E-state index in [1.165, 1.54) is 16.2 Å². The minimum absolute atomic E-state index is 0.607. The van der Waals surface area contributed by atoms with E-state index >= 15 is 0 Å². The van der Waals surface area contributed by atoms with Gasteiger partial charge in [-0.1, -0.05) is 0 Å². The summed E-state index contributed by atoms with van der Waals surface area (Å²) >= 11 is 13.3. The molecule has 0 saturated carbocycles. The van der Waals surface area contributed by atoms with Crippen molar-refractivity contribution in [1.29, 1.82) is 0 Å². The molecule has 0 heterocycles. The Balaban J connectivity index is 2.07. The maximum absolute atomic E-state index is 6.85. The summed E-state index contributed by atoms with van der Waals surface area (Å²) in [5, 5.41) is 5.08. The van der Waals surface area contributed by atoms with E-state index in [9.17, 15) is 0 Å². The van der Waals surface area contributed by atoms with Gasteiger partial charge in [-0.25, -0.2) is 0 Å². The van der Waals surface area contributed by atoms with Crippen LogP contribution in [0.3, 0.4) is 0 Å². The number of halogens is 2. The van der Waals surface area contributed by atoms with Crippen LogP contribution in [0.25, 0.3) is 0 Å². The van der Waals surface area contributed by atoms with Crippen molar-refractivity contribution in [3.05, 3.63) is 125 Å². The van der Waals surface area contributed by atoms with Gasteiger partial charge in [0, 0.05) is 0 Å². The Morgan fingerprint density at radius 1 is 0.536 bits per heavy atom. The van der Waals surface area contributed by atoms with Crippen LogP contribution in [-0.2, 0) is 6.16 Å². The second-order valence-corrected chi connectivity index (χ2v) is 11.5. The molecule has 4 aromatic rings. The molecule has 0 aliphatic rings. The summed E-state index contributed by atoms with van der Waals surface area (Å²) in [5.41, 5.74) is 1.30. The van der Waals surface area contributed by atoms with Gasteiger partial charge in [-0.05, 0) is 0 Å². The third-order valence-corrected chi connectivity index (χ3v) is 11.1. The van der Waals surface area contributed by atoms with E-state index in [0.717, 1.165) is 11.5 Å². The Morgan fingerprint density at radius 2 is 1.04 bits per heavy atom. The van der Waals surface area contributed by atoms with Crippen LogP contribution in [0.4, 0.5) is 0 Å². The summed E-state index contributed by atoms with van der Waals surface area (Å²) in [7, 11) is -2.46. The molecule has 0 amide bonds. The van der Waals surface area contributed by atoms with Crippen molar-refractivity contribution in [2.24, 2.45) is 0 Å². The van der Waals surface area contributed by atoms with Crippen molar-refractivity contribution in [3.8, 4) is 0 Å². The van der Waals surface area contributed by atoms with Gasteiger partial charge in [0.1, 0.15) is 0 Å². The van der Waals surface area contributed by atoms with Gasteiger partial charge in [0.25, 0.3) is 0 Å². The first-order valence-corrected chi connectivity index (χ1v) is 12.3. The molecule has 0 aliphatic carbocycles. The third-order valence-electron chi connectivity index (χ3n) is 5.26. The molecular weight excluding hydrogens is 402 g/mol. The molecule has 0 radical (unpaired) electrons. The minimum atomic E-state index is -2.46. The third kappa shape index (κ3) is 3.61. The predicted molar refractivity (Wildman–Crippen MR) is 127 cm³/mol. The molecule has 0 spiro atoms. The molecule has 0 atom stereocenters. The first-order valence-electron chi connectivity index (χ1n) is 9.31. The fraction of sp³-hybridized carbons (Fsp3) is 0.0400. The van der Waals surface area contributed by atoms with Crippen LogP contribution in [0, 0.1) is 0 Å². The molecule has 4 rings (SSSR count). The van der Waals surface area contributed by atoms with Crippen LogP contribution in [0.5, 0.6) is 0 Å². The SMILES string of the molecule is Clc1cccc([PH](Cc2ccccc2)(c2ccccc2)c2ccccc2)c1Cl. The van der Waals surface area contributed by atoms with Crippen molar-refractivity contribution in [2.75, 3.05) is 0 Å². The van der Waals surface area contributed by atoms with Gasteiger partial charge < -0.3 is 0 Å². The Labute approximate surface area is 177 Å². The van der Waals surface area contributed by atoms with Crippen LogP contribution in [0.15, 0.2) is 109 Å². The first kappa shape index (κ1) is 19.2. The topological polar surface area (TPSA) is 0 Å². The Hall–Kier alpha value is -2.11. The fourth-order valence-electron chi connectivity index (χ4n) is 3.96. The molecule has 0 aromatic heterocycles. The summed E-state index contributed by atoms with van der Waals surface area (Å²) in [6, 6.07) is 38.2.